The minimum absolute atomic E-state index is 0.205. The number of aryl methyl sites for hydroxylation is 1. The van der Waals surface area contributed by atoms with Gasteiger partial charge in [0.15, 0.2) is 5.82 Å². The van der Waals surface area contributed by atoms with E-state index >= 15 is 0 Å². The Morgan fingerprint density at radius 2 is 2.20 bits per heavy atom. The fraction of sp³-hybridized carbons (Fsp3) is 0.571. The van der Waals surface area contributed by atoms with Crippen molar-refractivity contribution in [2.75, 3.05) is 31.1 Å². The van der Waals surface area contributed by atoms with Gasteiger partial charge in [0.05, 0.1) is 12.3 Å². The molecule has 0 saturated carbocycles. The largest absolute Gasteiger partial charge is 0.395 e. The van der Waals surface area contributed by atoms with Gasteiger partial charge in [-0.2, -0.15) is 5.10 Å². The molecule has 0 amide bonds. The molecule has 1 aliphatic heterocycles. The molecule has 6 nitrogen and oxygen atoms in total. The van der Waals surface area contributed by atoms with E-state index < -0.39 is 0 Å². The number of rotatable bonds is 4. The molecule has 0 aliphatic carbocycles. The molecule has 6 heteroatoms. The number of nitrogens with one attached hydrogen (secondary N) is 1. The van der Waals surface area contributed by atoms with Crippen molar-refractivity contribution >= 4 is 11.3 Å². The van der Waals surface area contributed by atoms with Crippen molar-refractivity contribution in [3.05, 3.63) is 24.2 Å². The van der Waals surface area contributed by atoms with Gasteiger partial charge in [-0.25, -0.2) is 9.50 Å². The van der Waals surface area contributed by atoms with E-state index in [2.05, 4.69) is 26.4 Å². The van der Waals surface area contributed by atoms with Crippen LogP contribution in [0.15, 0.2) is 18.5 Å². The molecule has 1 aliphatic rings. The van der Waals surface area contributed by atoms with E-state index in [1.54, 1.807) is 0 Å². The molecule has 0 unspecified atom stereocenters. The molecule has 1 saturated heterocycles. The van der Waals surface area contributed by atoms with Gasteiger partial charge in [-0.15, -0.1) is 0 Å². The summed E-state index contributed by atoms with van der Waals surface area (Å²) >= 11 is 0. The summed E-state index contributed by atoms with van der Waals surface area (Å²) in [5.74, 6) is 1.02. The first-order chi connectivity index (χ1) is 9.78. The highest BCUT2D eigenvalue weighted by atomic mass is 16.3. The van der Waals surface area contributed by atoms with Gasteiger partial charge in [0.2, 0.25) is 0 Å². The Morgan fingerprint density at radius 1 is 1.40 bits per heavy atom. The van der Waals surface area contributed by atoms with Gasteiger partial charge < -0.3 is 15.3 Å². The van der Waals surface area contributed by atoms with E-state index in [-0.39, 0.29) is 6.61 Å². The van der Waals surface area contributed by atoms with Gasteiger partial charge in [0.1, 0.15) is 5.52 Å². The molecule has 0 spiro atoms. The molecule has 0 aromatic carbocycles. The maximum Gasteiger partial charge on any atom is 0.154 e. The van der Waals surface area contributed by atoms with Crippen molar-refractivity contribution in [2.45, 2.75) is 25.8 Å². The van der Waals surface area contributed by atoms with Gasteiger partial charge in [-0.05, 0) is 25.8 Å². The highest BCUT2D eigenvalue weighted by Crippen LogP contribution is 2.23. The lowest BCUT2D eigenvalue weighted by Gasteiger charge is -2.33. The van der Waals surface area contributed by atoms with Gasteiger partial charge >= 0.3 is 0 Å². The van der Waals surface area contributed by atoms with Crippen LogP contribution >= 0.6 is 0 Å². The molecule has 3 rings (SSSR count). The van der Waals surface area contributed by atoms with Crippen molar-refractivity contribution in [3.63, 3.8) is 0 Å². The average Bonchev–Trinajstić information content (AvgIpc) is 2.85. The van der Waals surface area contributed by atoms with Crippen LogP contribution in [-0.2, 0) is 0 Å². The first kappa shape index (κ1) is 13.3. The second kappa shape index (κ2) is 5.76. The van der Waals surface area contributed by atoms with Crippen molar-refractivity contribution in [2.24, 2.45) is 0 Å². The number of fused-ring (bicyclic) bond motifs is 1. The second-order valence-electron chi connectivity index (χ2n) is 5.31. The molecule has 2 aromatic rings. The van der Waals surface area contributed by atoms with Crippen LogP contribution in [0.5, 0.6) is 0 Å². The van der Waals surface area contributed by atoms with Crippen LogP contribution in [0.2, 0.25) is 0 Å². The minimum Gasteiger partial charge on any atom is -0.395 e. The Balaban J connectivity index is 1.73. The maximum absolute atomic E-state index is 8.85. The highest BCUT2D eigenvalue weighted by molar-refractivity contribution is 5.69. The molecule has 2 aromatic heterocycles. The number of hydrogen-bond donors (Lipinski definition) is 2. The summed E-state index contributed by atoms with van der Waals surface area (Å²) in [7, 11) is 0. The zero-order valence-corrected chi connectivity index (χ0v) is 11.8. The van der Waals surface area contributed by atoms with E-state index in [0.29, 0.717) is 12.6 Å². The lowest BCUT2D eigenvalue weighted by atomic mass is 10.1. The van der Waals surface area contributed by atoms with Crippen LogP contribution in [0.4, 0.5) is 5.82 Å². The zero-order valence-electron chi connectivity index (χ0n) is 11.8. The van der Waals surface area contributed by atoms with E-state index in [9.17, 15) is 0 Å². The second-order valence-corrected chi connectivity index (χ2v) is 5.31. The number of hydrogen-bond acceptors (Lipinski definition) is 5. The van der Waals surface area contributed by atoms with Crippen molar-refractivity contribution in [1.82, 2.24) is 19.9 Å². The number of nitrogens with zero attached hydrogens (tertiary/aromatic N) is 4. The van der Waals surface area contributed by atoms with Crippen LogP contribution in [-0.4, -0.2) is 52.0 Å². The van der Waals surface area contributed by atoms with Crippen LogP contribution in [0.1, 0.15) is 18.5 Å². The predicted molar refractivity (Wildman–Crippen MR) is 78.0 cm³/mol. The SMILES string of the molecule is Cc1cc2c(N3CCC(NCCO)CC3)nccn2n1. The third kappa shape index (κ3) is 2.62. The Morgan fingerprint density at radius 3 is 2.95 bits per heavy atom. The first-order valence-electron chi connectivity index (χ1n) is 7.18. The minimum atomic E-state index is 0.205. The van der Waals surface area contributed by atoms with Gasteiger partial charge in [0.25, 0.3) is 0 Å². The van der Waals surface area contributed by atoms with Crippen LogP contribution in [0.25, 0.3) is 5.52 Å². The summed E-state index contributed by atoms with van der Waals surface area (Å²) in [4.78, 5) is 6.86. The van der Waals surface area contributed by atoms with Gasteiger partial charge in [0, 0.05) is 38.1 Å². The fourth-order valence-corrected chi connectivity index (χ4v) is 2.84. The number of anilines is 1. The van der Waals surface area contributed by atoms with Crippen LogP contribution < -0.4 is 10.2 Å². The fourth-order valence-electron chi connectivity index (χ4n) is 2.84. The van der Waals surface area contributed by atoms with E-state index in [4.69, 9.17) is 5.11 Å². The third-order valence-corrected chi connectivity index (χ3v) is 3.83. The molecule has 3 heterocycles. The van der Waals surface area contributed by atoms with E-state index in [1.165, 1.54) is 0 Å². The Labute approximate surface area is 118 Å². The van der Waals surface area contributed by atoms with Crippen LogP contribution in [0, 0.1) is 6.92 Å². The zero-order chi connectivity index (χ0) is 13.9. The Hall–Kier alpha value is -1.66. The molecule has 108 valence electrons. The molecule has 0 radical (unpaired) electrons. The van der Waals surface area contributed by atoms with Gasteiger partial charge in [-0.3, -0.25) is 0 Å². The van der Waals surface area contributed by atoms with E-state index in [0.717, 1.165) is 43.0 Å². The van der Waals surface area contributed by atoms with Crippen LogP contribution in [0.3, 0.4) is 0 Å². The summed E-state index contributed by atoms with van der Waals surface area (Å²) in [5, 5.41) is 16.7. The smallest absolute Gasteiger partial charge is 0.154 e. The summed E-state index contributed by atoms with van der Waals surface area (Å²) in [6.07, 6.45) is 5.86. The lowest BCUT2D eigenvalue weighted by Crippen LogP contribution is -2.43. The topological polar surface area (TPSA) is 65.7 Å². The third-order valence-electron chi connectivity index (χ3n) is 3.83. The average molecular weight is 275 g/mol. The summed E-state index contributed by atoms with van der Waals surface area (Å²) in [6, 6.07) is 2.59. The summed E-state index contributed by atoms with van der Waals surface area (Å²) in [5.41, 5.74) is 2.09. The monoisotopic (exact) mass is 275 g/mol. The lowest BCUT2D eigenvalue weighted by molar-refractivity contribution is 0.277. The molecular weight excluding hydrogens is 254 g/mol. The number of aromatic nitrogens is 3. The molecule has 0 bridgehead atoms. The molecule has 0 atom stereocenters. The molecule has 2 N–H and O–H groups in total. The summed E-state index contributed by atoms with van der Waals surface area (Å²) < 4.78 is 1.90. The Kier molecular flexibility index (Phi) is 3.84. The number of aliphatic hydroxyl groups excluding tert-OH is 1. The van der Waals surface area contributed by atoms with E-state index in [1.807, 2.05) is 23.8 Å². The maximum atomic E-state index is 8.85. The first-order valence-corrected chi connectivity index (χ1v) is 7.18. The number of piperidine rings is 1. The number of aliphatic hydroxyl groups is 1. The Bertz CT molecular complexity index is 574. The summed E-state index contributed by atoms with van der Waals surface area (Å²) in [6.45, 7) is 4.86. The quantitative estimate of drug-likeness (QED) is 0.855. The predicted octanol–water partition coefficient (Wildman–Crippen LogP) is 0.588. The van der Waals surface area contributed by atoms with Crippen molar-refractivity contribution in [1.29, 1.82) is 0 Å². The normalized spacial score (nSPS) is 17.0. The molecule has 1 fully saturated rings. The highest BCUT2D eigenvalue weighted by Gasteiger charge is 2.21. The molecular formula is C14H21N5O. The van der Waals surface area contributed by atoms with Crippen molar-refractivity contribution in [3.8, 4) is 0 Å². The van der Waals surface area contributed by atoms with Crippen molar-refractivity contribution < 1.29 is 5.11 Å². The standard InChI is InChI=1S/C14H21N5O/c1-11-10-13-14(16-4-8-19(13)17-11)18-6-2-12(3-7-18)15-5-9-20/h4,8,10,12,15,20H,2-3,5-7,9H2,1H3. The molecule has 20 heavy (non-hydrogen) atoms. The van der Waals surface area contributed by atoms with Gasteiger partial charge in [-0.1, -0.05) is 0 Å².